The second-order valence-corrected chi connectivity index (χ2v) is 5.26. The van der Waals surface area contributed by atoms with Gasteiger partial charge in [-0.05, 0) is 20.0 Å². The molecule has 1 fully saturated rings. The summed E-state index contributed by atoms with van der Waals surface area (Å²) in [6, 6.07) is 8.24. The largest absolute Gasteiger partial charge is 0.461 e. The van der Waals surface area contributed by atoms with Gasteiger partial charge >= 0.3 is 0 Å². The van der Waals surface area contributed by atoms with Gasteiger partial charge in [0.2, 0.25) is 0 Å². The number of hydrogen-bond donors (Lipinski definition) is 1. The molecule has 2 aromatic rings. The van der Waals surface area contributed by atoms with Gasteiger partial charge in [-0.25, -0.2) is 5.01 Å². The number of fused-ring (bicyclic) bond motifs is 1. The third-order valence-electron chi connectivity index (χ3n) is 3.88. The maximum atomic E-state index is 5.79. The molecular weight excluding hydrogens is 238 g/mol. The lowest BCUT2D eigenvalue weighted by atomic mass is 10.1. The smallest absolute Gasteiger partial charge is 0.134 e. The van der Waals surface area contributed by atoms with Gasteiger partial charge in [-0.2, -0.15) is 0 Å². The Labute approximate surface area is 113 Å². The van der Waals surface area contributed by atoms with Crippen LogP contribution < -0.4 is 5.43 Å². The molecule has 4 nitrogen and oxygen atoms in total. The quantitative estimate of drug-likeness (QED) is 0.913. The highest BCUT2D eigenvalue weighted by Crippen LogP contribution is 2.24. The summed E-state index contributed by atoms with van der Waals surface area (Å²) in [5.41, 5.74) is 5.78. The molecule has 0 aliphatic carbocycles. The Morgan fingerprint density at radius 1 is 1.16 bits per heavy atom. The van der Waals surface area contributed by atoms with Crippen LogP contribution in [0.25, 0.3) is 11.0 Å². The van der Waals surface area contributed by atoms with E-state index in [0.29, 0.717) is 0 Å². The average molecular weight is 259 g/mol. The van der Waals surface area contributed by atoms with Crippen molar-refractivity contribution in [1.82, 2.24) is 15.3 Å². The first-order valence-electron chi connectivity index (χ1n) is 6.88. The molecule has 2 heterocycles. The molecule has 102 valence electrons. The monoisotopic (exact) mass is 259 g/mol. The van der Waals surface area contributed by atoms with E-state index in [2.05, 4.69) is 34.5 Å². The number of furan rings is 1. The van der Waals surface area contributed by atoms with Crippen LogP contribution in [-0.4, -0.2) is 43.1 Å². The van der Waals surface area contributed by atoms with Crippen LogP contribution in [0.3, 0.4) is 0 Å². The number of aryl methyl sites for hydroxylation is 1. The summed E-state index contributed by atoms with van der Waals surface area (Å²) in [6.07, 6.45) is 0. The van der Waals surface area contributed by atoms with E-state index in [-0.39, 0.29) is 0 Å². The maximum Gasteiger partial charge on any atom is 0.134 e. The summed E-state index contributed by atoms with van der Waals surface area (Å²) in [5, 5.41) is 3.53. The normalized spacial score (nSPS) is 18.2. The van der Waals surface area contributed by atoms with Crippen molar-refractivity contribution in [3.63, 3.8) is 0 Å². The fraction of sp³-hybridized carbons (Fsp3) is 0.467. The van der Waals surface area contributed by atoms with Gasteiger partial charge in [0.25, 0.3) is 0 Å². The number of hydrogen-bond acceptors (Lipinski definition) is 4. The van der Waals surface area contributed by atoms with Gasteiger partial charge in [0.1, 0.15) is 11.3 Å². The topological polar surface area (TPSA) is 31.7 Å². The minimum Gasteiger partial charge on any atom is -0.461 e. The molecule has 0 bridgehead atoms. The zero-order valence-corrected chi connectivity index (χ0v) is 11.6. The SMILES string of the molecule is Cc1oc2ccccc2c1CNN1CCN(C)CC1. The highest BCUT2D eigenvalue weighted by Gasteiger charge is 2.15. The Bertz CT molecular complexity index is 556. The number of hydrazine groups is 1. The van der Waals surface area contributed by atoms with Crippen LogP contribution >= 0.6 is 0 Å². The van der Waals surface area contributed by atoms with Crippen LogP contribution in [0, 0.1) is 6.92 Å². The summed E-state index contributed by atoms with van der Waals surface area (Å²) in [5.74, 6) is 1.02. The van der Waals surface area contributed by atoms with Crippen LogP contribution in [0.15, 0.2) is 28.7 Å². The predicted octanol–water partition coefficient (Wildman–Crippen LogP) is 1.99. The van der Waals surface area contributed by atoms with E-state index < -0.39 is 0 Å². The third-order valence-corrected chi connectivity index (χ3v) is 3.88. The average Bonchev–Trinajstić information content (AvgIpc) is 2.74. The van der Waals surface area contributed by atoms with E-state index >= 15 is 0 Å². The third kappa shape index (κ3) is 2.66. The van der Waals surface area contributed by atoms with Gasteiger partial charge in [0, 0.05) is 43.7 Å². The van der Waals surface area contributed by atoms with Crippen molar-refractivity contribution in [3.8, 4) is 0 Å². The predicted molar refractivity (Wildman–Crippen MR) is 76.9 cm³/mol. The molecule has 0 amide bonds. The molecule has 0 atom stereocenters. The lowest BCUT2D eigenvalue weighted by Gasteiger charge is -2.32. The number of para-hydroxylation sites is 1. The summed E-state index contributed by atoms with van der Waals surface area (Å²) < 4.78 is 5.79. The molecule has 0 unspecified atom stereocenters. The van der Waals surface area contributed by atoms with Crippen molar-refractivity contribution in [2.24, 2.45) is 0 Å². The van der Waals surface area contributed by atoms with Gasteiger partial charge in [-0.15, -0.1) is 0 Å². The highest BCUT2D eigenvalue weighted by molar-refractivity contribution is 5.82. The molecular formula is C15H21N3O. The first kappa shape index (κ1) is 12.7. The molecule has 0 radical (unpaired) electrons. The minimum absolute atomic E-state index is 0.840. The van der Waals surface area contributed by atoms with Gasteiger partial charge in [-0.3, -0.25) is 5.43 Å². The first-order valence-corrected chi connectivity index (χ1v) is 6.88. The molecule has 1 aromatic heterocycles. The number of benzene rings is 1. The number of rotatable bonds is 3. The van der Waals surface area contributed by atoms with Crippen molar-refractivity contribution in [2.45, 2.75) is 13.5 Å². The van der Waals surface area contributed by atoms with Gasteiger partial charge in [0.15, 0.2) is 0 Å². The van der Waals surface area contributed by atoms with E-state index in [1.54, 1.807) is 0 Å². The Hall–Kier alpha value is -1.36. The van der Waals surface area contributed by atoms with Gasteiger partial charge in [0.05, 0.1) is 0 Å². The summed E-state index contributed by atoms with van der Waals surface area (Å²) >= 11 is 0. The molecule has 0 spiro atoms. The Morgan fingerprint density at radius 3 is 2.68 bits per heavy atom. The van der Waals surface area contributed by atoms with Crippen LogP contribution in [0.5, 0.6) is 0 Å². The lowest BCUT2D eigenvalue weighted by Crippen LogP contribution is -2.50. The lowest BCUT2D eigenvalue weighted by molar-refractivity contribution is 0.102. The summed E-state index contributed by atoms with van der Waals surface area (Å²) in [4.78, 5) is 2.36. The van der Waals surface area contributed by atoms with Crippen LogP contribution in [0.2, 0.25) is 0 Å². The molecule has 1 saturated heterocycles. The van der Waals surface area contributed by atoms with Crippen LogP contribution in [0.4, 0.5) is 0 Å². The molecule has 4 heteroatoms. The van der Waals surface area contributed by atoms with E-state index in [1.807, 2.05) is 19.1 Å². The van der Waals surface area contributed by atoms with Crippen molar-refractivity contribution < 1.29 is 4.42 Å². The van der Waals surface area contributed by atoms with E-state index in [9.17, 15) is 0 Å². The molecule has 1 aliphatic heterocycles. The first-order chi connectivity index (χ1) is 9.24. The zero-order valence-electron chi connectivity index (χ0n) is 11.6. The Kier molecular flexibility index (Phi) is 3.55. The maximum absolute atomic E-state index is 5.79. The fourth-order valence-electron chi connectivity index (χ4n) is 2.60. The Morgan fingerprint density at radius 2 is 1.89 bits per heavy atom. The van der Waals surface area contributed by atoms with Crippen molar-refractivity contribution in [1.29, 1.82) is 0 Å². The molecule has 1 aliphatic rings. The van der Waals surface area contributed by atoms with Crippen LogP contribution in [0.1, 0.15) is 11.3 Å². The van der Waals surface area contributed by atoms with Crippen molar-refractivity contribution in [2.75, 3.05) is 33.2 Å². The van der Waals surface area contributed by atoms with E-state index in [4.69, 9.17) is 4.42 Å². The fourth-order valence-corrected chi connectivity index (χ4v) is 2.60. The van der Waals surface area contributed by atoms with E-state index in [0.717, 1.165) is 44.1 Å². The van der Waals surface area contributed by atoms with E-state index in [1.165, 1.54) is 10.9 Å². The molecule has 19 heavy (non-hydrogen) atoms. The Balaban J connectivity index is 1.70. The molecule has 1 aromatic carbocycles. The van der Waals surface area contributed by atoms with Gasteiger partial charge in [-0.1, -0.05) is 18.2 Å². The van der Waals surface area contributed by atoms with Gasteiger partial charge < -0.3 is 9.32 Å². The van der Waals surface area contributed by atoms with Crippen LogP contribution in [-0.2, 0) is 6.54 Å². The molecule has 1 N–H and O–H groups in total. The molecule has 0 saturated carbocycles. The van der Waals surface area contributed by atoms with Crippen molar-refractivity contribution in [3.05, 3.63) is 35.6 Å². The second-order valence-electron chi connectivity index (χ2n) is 5.26. The molecule has 3 rings (SSSR count). The second kappa shape index (κ2) is 5.33. The number of nitrogens with zero attached hydrogens (tertiary/aromatic N) is 2. The number of likely N-dealkylation sites (N-methyl/N-ethyl adjacent to an activating group) is 1. The number of piperazine rings is 1. The summed E-state index contributed by atoms with van der Waals surface area (Å²) in [6.45, 7) is 7.28. The zero-order chi connectivity index (χ0) is 13.2. The highest BCUT2D eigenvalue weighted by atomic mass is 16.3. The van der Waals surface area contributed by atoms with Crippen molar-refractivity contribution >= 4 is 11.0 Å². The number of nitrogens with one attached hydrogen (secondary N) is 1. The standard InChI is InChI=1S/C15H21N3O/c1-12-14(13-5-3-4-6-15(13)19-12)11-16-18-9-7-17(2)8-10-18/h3-6,16H,7-11H2,1-2H3. The summed E-state index contributed by atoms with van der Waals surface area (Å²) in [7, 11) is 2.17. The minimum atomic E-state index is 0.840.